The van der Waals surface area contributed by atoms with E-state index in [0.29, 0.717) is 31.8 Å². The predicted octanol–water partition coefficient (Wildman–Crippen LogP) is 3.79. The highest BCUT2D eigenvalue weighted by molar-refractivity contribution is 7.85. The summed E-state index contributed by atoms with van der Waals surface area (Å²) in [6, 6.07) is 4.86. The van der Waals surface area contributed by atoms with Gasteiger partial charge in [-0.15, -0.1) is 0 Å². The van der Waals surface area contributed by atoms with Gasteiger partial charge in [-0.05, 0) is 31.4 Å². The van der Waals surface area contributed by atoms with Crippen molar-refractivity contribution in [3.63, 3.8) is 0 Å². The summed E-state index contributed by atoms with van der Waals surface area (Å²) < 4.78 is 43.0. The van der Waals surface area contributed by atoms with E-state index in [1.54, 1.807) is 12.1 Å². The van der Waals surface area contributed by atoms with Crippen LogP contribution in [0.5, 0.6) is 0 Å². The van der Waals surface area contributed by atoms with Crippen LogP contribution in [0, 0.1) is 6.92 Å². The lowest BCUT2D eigenvalue weighted by molar-refractivity contribution is 0.0473. The molecule has 1 N–H and O–H groups in total. The summed E-state index contributed by atoms with van der Waals surface area (Å²) >= 11 is 0. The molecule has 0 spiro atoms. The third kappa shape index (κ3) is 8.78. The average molecular weight is 358 g/mol. The summed E-state index contributed by atoms with van der Waals surface area (Å²) in [4.78, 5) is -0.0416. The van der Waals surface area contributed by atoms with Crippen molar-refractivity contribution in [3.8, 4) is 0 Å². The van der Waals surface area contributed by atoms with E-state index in [2.05, 4.69) is 6.92 Å². The van der Waals surface area contributed by atoms with Crippen molar-refractivity contribution >= 4 is 10.1 Å². The zero-order valence-electron chi connectivity index (χ0n) is 14.8. The Morgan fingerprint density at radius 1 is 0.958 bits per heavy atom. The lowest BCUT2D eigenvalue weighted by atomic mass is 10.1. The van der Waals surface area contributed by atoms with Gasteiger partial charge in [0, 0.05) is 6.61 Å². The molecule has 1 aromatic rings. The Labute approximate surface area is 146 Å². The lowest BCUT2D eigenvalue weighted by Crippen LogP contribution is -2.10. The van der Waals surface area contributed by atoms with Crippen molar-refractivity contribution in [2.24, 2.45) is 0 Å². The molecule has 1 rings (SSSR count). The van der Waals surface area contributed by atoms with Gasteiger partial charge in [-0.1, -0.05) is 50.3 Å². The Morgan fingerprint density at radius 2 is 1.62 bits per heavy atom. The number of unbranched alkanes of at least 4 members (excludes halogenated alkanes) is 4. The minimum absolute atomic E-state index is 0.0416. The smallest absolute Gasteiger partial charge is 0.294 e. The Kier molecular flexibility index (Phi) is 10.2. The Balaban J connectivity index is 2.19. The summed E-state index contributed by atoms with van der Waals surface area (Å²) in [5.74, 6) is 0. The monoisotopic (exact) mass is 358 g/mol. The standard InChI is InChI=1S/C18H30O5S/c1-3-4-5-6-7-11-22-13-14-23-12-10-17-15-16(2)8-9-18(17)24(19,20)21/h8-9,15H,3-7,10-14H2,1-2H3,(H,19,20,21). The third-order valence-electron chi connectivity index (χ3n) is 3.77. The number of hydrogen-bond acceptors (Lipinski definition) is 4. The Bertz CT molecular complexity index is 569. The highest BCUT2D eigenvalue weighted by atomic mass is 32.2. The normalized spacial score (nSPS) is 11.8. The zero-order chi connectivity index (χ0) is 17.8. The number of aryl methyl sites for hydroxylation is 1. The van der Waals surface area contributed by atoms with Crippen LogP contribution in [0.15, 0.2) is 23.1 Å². The summed E-state index contributed by atoms with van der Waals surface area (Å²) in [5, 5.41) is 0. The molecule has 0 amide bonds. The van der Waals surface area contributed by atoms with E-state index in [0.717, 1.165) is 18.6 Å². The molecule has 5 nitrogen and oxygen atoms in total. The molecule has 0 saturated carbocycles. The number of ether oxygens (including phenoxy) is 2. The summed E-state index contributed by atoms with van der Waals surface area (Å²) in [6.45, 7) is 6.27. The van der Waals surface area contributed by atoms with Gasteiger partial charge in [-0.2, -0.15) is 8.42 Å². The maximum atomic E-state index is 11.4. The number of benzene rings is 1. The molecular formula is C18H30O5S. The summed E-state index contributed by atoms with van der Waals surface area (Å²) in [7, 11) is -4.19. The van der Waals surface area contributed by atoms with Crippen molar-refractivity contribution in [1.29, 1.82) is 0 Å². The highest BCUT2D eigenvalue weighted by Crippen LogP contribution is 2.18. The van der Waals surface area contributed by atoms with E-state index in [-0.39, 0.29) is 4.90 Å². The minimum Gasteiger partial charge on any atom is -0.379 e. The molecule has 0 fully saturated rings. The zero-order valence-corrected chi connectivity index (χ0v) is 15.6. The van der Waals surface area contributed by atoms with E-state index in [9.17, 15) is 13.0 Å². The maximum absolute atomic E-state index is 11.4. The van der Waals surface area contributed by atoms with Crippen molar-refractivity contribution in [3.05, 3.63) is 29.3 Å². The van der Waals surface area contributed by atoms with Gasteiger partial charge < -0.3 is 9.47 Å². The van der Waals surface area contributed by atoms with E-state index < -0.39 is 10.1 Å². The van der Waals surface area contributed by atoms with Gasteiger partial charge in [-0.3, -0.25) is 4.55 Å². The molecule has 6 heteroatoms. The molecule has 1 aromatic carbocycles. The van der Waals surface area contributed by atoms with E-state index in [1.807, 2.05) is 6.92 Å². The summed E-state index contributed by atoms with van der Waals surface area (Å²) in [5.41, 5.74) is 1.53. The van der Waals surface area contributed by atoms with Gasteiger partial charge in [-0.25, -0.2) is 0 Å². The molecule has 0 aliphatic rings. The van der Waals surface area contributed by atoms with Gasteiger partial charge in [0.15, 0.2) is 0 Å². The van der Waals surface area contributed by atoms with Crippen LogP contribution in [-0.4, -0.2) is 39.4 Å². The van der Waals surface area contributed by atoms with Crippen LogP contribution in [0.4, 0.5) is 0 Å². The second-order valence-corrected chi connectivity index (χ2v) is 7.37. The predicted molar refractivity (Wildman–Crippen MR) is 95.1 cm³/mol. The quantitative estimate of drug-likeness (QED) is 0.429. The molecule has 0 heterocycles. The van der Waals surface area contributed by atoms with Crippen molar-refractivity contribution in [1.82, 2.24) is 0 Å². The fraction of sp³-hybridized carbons (Fsp3) is 0.667. The molecule has 0 unspecified atom stereocenters. The lowest BCUT2D eigenvalue weighted by Gasteiger charge is -2.09. The molecule has 138 valence electrons. The molecule has 0 aliphatic heterocycles. The Hall–Kier alpha value is -0.950. The van der Waals surface area contributed by atoms with Gasteiger partial charge in [0.05, 0.1) is 24.7 Å². The first-order valence-electron chi connectivity index (χ1n) is 8.67. The molecule has 0 saturated heterocycles. The largest absolute Gasteiger partial charge is 0.379 e. The molecule has 0 radical (unpaired) electrons. The molecule has 0 atom stereocenters. The van der Waals surface area contributed by atoms with Crippen LogP contribution in [0.2, 0.25) is 0 Å². The van der Waals surface area contributed by atoms with Crippen molar-refractivity contribution in [2.75, 3.05) is 26.4 Å². The van der Waals surface area contributed by atoms with E-state index >= 15 is 0 Å². The van der Waals surface area contributed by atoms with Crippen LogP contribution in [0.3, 0.4) is 0 Å². The molecule has 0 bridgehead atoms. The molecule has 0 aromatic heterocycles. The minimum atomic E-state index is -4.19. The average Bonchev–Trinajstić information content (AvgIpc) is 2.51. The van der Waals surface area contributed by atoms with Crippen LogP contribution in [0.25, 0.3) is 0 Å². The van der Waals surface area contributed by atoms with Crippen molar-refractivity contribution < 1.29 is 22.4 Å². The SMILES string of the molecule is CCCCCCCOCCOCCc1cc(C)ccc1S(=O)(=O)O. The fourth-order valence-electron chi connectivity index (χ4n) is 2.47. The van der Waals surface area contributed by atoms with Gasteiger partial charge in [0.2, 0.25) is 0 Å². The van der Waals surface area contributed by atoms with Gasteiger partial charge in [0.25, 0.3) is 10.1 Å². The van der Waals surface area contributed by atoms with Gasteiger partial charge in [0.1, 0.15) is 0 Å². The third-order valence-corrected chi connectivity index (χ3v) is 4.73. The topological polar surface area (TPSA) is 72.8 Å². The maximum Gasteiger partial charge on any atom is 0.294 e. The Morgan fingerprint density at radius 3 is 2.29 bits per heavy atom. The molecule has 0 aliphatic carbocycles. The first-order chi connectivity index (χ1) is 11.4. The van der Waals surface area contributed by atoms with Crippen molar-refractivity contribution in [2.45, 2.75) is 57.3 Å². The number of hydrogen-bond donors (Lipinski definition) is 1. The van der Waals surface area contributed by atoms with E-state index in [4.69, 9.17) is 9.47 Å². The summed E-state index contributed by atoms with van der Waals surface area (Å²) in [6.07, 6.45) is 6.53. The molecular weight excluding hydrogens is 328 g/mol. The second-order valence-electron chi connectivity index (χ2n) is 5.98. The van der Waals surface area contributed by atoms with Crippen LogP contribution in [-0.2, 0) is 26.0 Å². The number of rotatable bonds is 13. The van der Waals surface area contributed by atoms with E-state index in [1.165, 1.54) is 31.7 Å². The van der Waals surface area contributed by atoms with Crippen LogP contribution in [0.1, 0.15) is 50.2 Å². The molecule has 24 heavy (non-hydrogen) atoms. The van der Waals surface area contributed by atoms with Crippen LogP contribution >= 0.6 is 0 Å². The first-order valence-corrected chi connectivity index (χ1v) is 10.1. The fourth-order valence-corrected chi connectivity index (χ4v) is 3.20. The van der Waals surface area contributed by atoms with Gasteiger partial charge >= 0.3 is 0 Å². The van der Waals surface area contributed by atoms with Crippen LogP contribution < -0.4 is 0 Å². The highest BCUT2D eigenvalue weighted by Gasteiger charge is 2.14. The second kappa shape index (κ2) is 11.6. The first kappa shape index (κ1) is 21.1.